The molecular weight excluding hydrogens is 927 g/mol. The third-order valence-electron chi connectivity index (χ3n) is 11.9. The van der Waals surface area contributed by atoms with E-state index in [1.54, 1.807) is 55.5 Å². The normalized spacial score (nSPS) is 12.7. The number of rotatable bonds is 10. The van der Waals surface area contributed by atoms with Gasteiger partial charge in [-0.1, -0.05) is 84.9 Å². The second kappa shape index (κ2) is 20.0. The van der Waals surface area contributed by atoms with Gasteiger partial charge in [0.1, 0.15) is 45.6 Å². The van der Waals surface area contributed by atoms with E-state index < -0.39 is 41.7 Å². The summed E-state index contributed by atoms with van der Waals surface area (Å²) in [6.45, 7) is 0.264. The number of phenols is 1. The van der Waals surface area contributed by atoms with Crippen LogP contribution in [0.1, 0.15) is 65.0 Å². The van der Waals surface area contributed by atoms with Crippen LogP contribution in [-0.2, 0) is 19.6 Å². The number of fused-ring (bicyclic) bond motifs is 4. The third-order valence-corrected chi connectivity index (χ3v) is 11.9. The first kappa shape index (κ1) is 47.8. The summed E-state index contributed by atoms with van der Waals surface area (Å²) >= 11 is 0. The molecule has 8 aromatic rings. The van der Waals surface area contributed by atoms with Crippen LogP contribution in [0.25, 0.3) is 21.8 Å². The molecule has 362 valence electrons. The van der Waals surface area contributed by atoms with Gasteiger partial charge in [-0.05, 0) is 70.8 Å². The zero-order valence-electron chi connectivity index (χ0n) is 39.2. The minimum atomic E-state index is -0.759. The Morgan fingerprint density at radius 1 is 0.583 bits per heavy atom. The average molecular weight is 971 g/mol. The van der Waals surface area contributed by atoms with Crippen molar-refractivity contribution in [3.05, 3.63) is 202 Å². The van der Waals surface area contributed by atoms with Gasteiger partial charge in [0, 0.05) is 63.5 Å². The Kier molecular flexibility index (Phi) is 13.3. The number of phenolic OH excluding ortho intramolecular Hbond substituents is 1. The maximum absolute atomic E-state index is 14.2. The molecule has 0 atom stereocenters. The zero-order valence-corrected chi connectivity index (χ0v) is 39.2. The molecule has 0 fully saturated rings. The Morgan fingerprint density at radius 3 is 1.61 bits per heavy atom. The van der Waals surface area contributed by atoms with Gasteiger partial charge >= 0.3 is 12.2 Å². The second-order valence-electron chi connectivity index (χ2n) is 17.2. The first-order chi connectivity index (χ1) is 34.7. The molecular formula is C55H44F2N6O9. The number of pyridine rings is 2. The molecule has 15 nitrogen and oxygen atoms in total. The summed E-state index contributed by atoms with van der Waals surface area (Å²) < 4.78 is 44.9. The number of aromatic nitrogens is 2. The fraction of sp³-hybridized carbons (Fsp3) is 0.145. The van der Waals surface area contributed by atoms with Gasteiger partial charge < -0.3 is 34.0 Å². The molecule has 10 rings (SSSR count). The first-order valence-corrected chi connectivity index (χ1v) is 22.5. The zero-order chi connectivity index (χ0) is 50.8. The molecule has 0 spiro atoms. The molecule has 0 radical (unpaired) electrons. The Labute approximate surface area is 411 Å². The van der Waals surface area contributed by atoms with E-state index in [9.17, 15) is 37.9 Å². The Balaban J connectivity index is 0.000000188. The molecule has 0 aliphatic carbocycles. The molecule has 6 aromatic carbocycles. The fourth-order valence-corrected chi connectivity index (χ4v) is 8.39. The van der Waals surface area contributed by atoms with E-state index in [1.165, 1.54) is 72.6 Å². The molecule has 2 aromatic heterocycles. The van der Waals surface area contributed by atoms with Gasteiger partial charge in [-0.15, -0.1) is 0 Å². The van der Waals surface area contributed by atoms with E-state index in [1.807, 2.05) is 60.7 Å². The second-order valence-corrected chi connectivity index (χ2v) is 17.2. The molecule has 72 heavy (non-hydrogen) atoms. The highest BCUT2D eigenvalue weighted by atomic mass is 19.1. The summed E-state index contributed by atoms with van der Waals surface area (Å²) in [5.74, 6) is -2.62. The standard InChI is InChI=1S/C34H28FN3O4.C21H16FN3O5/c1-37(2)34(40)42-31-26-14-9-19-36-29(26)32(41-30(23-10-5-3-6-11-23)24-12-7-4-8-13-24)28-27(31)21-38(33(28)39)20-22-15-17-25(35)18-16-22;1-24(2)21(29)30-18-13-4-3-9-23-16(13)17(26)14-15(18)20(28)25(19(14)27)10-11-5-7-12(22)8-6-11/h3-19,30H,20-21H2,1-2H3;3-9,26H,10H2,1-2H3. The molecule has 5 amide bonds. The molecule has 4 heterocycles. The molecule has 0 saturated heterocycles. The van der Waals surface area contributed by atoms with Crippen molar-refractivity contribution >= 4 is 51.7 Å². The van der Waals surface area contributed by atoms with Crippen LogP contribution in [0.4, 0.5) is 18.4 Å². The number of halogens is 2. The SMILES string of the molecule is CN(C)C(=O)Oc1c2c(c(O)c3ncccc13)C(=O)N(Cc1ccc(F)cc1)C2=O.CN(C)C(=O)Oc1c2c(c(OC(c3ccccc3)c3ccccc3)c3ncccc13)C(=O)N(Cc1ccc(F)cc1)C2. The van der Waals surface area contributed by atoms with Crippen molar-refractivity contribution < 1.29 is 52.1 Å². The molecule has 17 heteroatoms. The minimum Gasteiger partial charge on any atom is -0.505 e. The van der Waals surface area contributed by atoms with Gasteiger partial charge in [-0.2, -0.15) is 0 Å². The number of hydrogen-bond acceptors (Lipinski definition) is 11. The highest BCUT2D eigenvalue weighted by Gasteiger charge is 2.43. The Hall–Kier alpha value is -9.25. The summed E-state index contributed by atoms with van der Waals surface area (Å²) in [5.41, 5.74) is 3.85. The highest BCUT2D eigenvalue weighted by molar-refractivity contribution is 6.27. The number of hydrogen-bond donors (Lipinski definition) is 1. The number of aromatic hydroxyl groups is 1. The maximum Gasteiger partial charge on any atom is 0.414 e. The van der Waals surface area contributed by atoms with Crippen molar-refractivity contribution in [2.75, 3.05) is 28.2 Å². The quantitative estimate of drug-likeness (QED) is 0.129. The van der Waals surface area contributed by atoms with E-state index in [2.05, 4.69) is 9.97 Å². The van der Waals surface area contributed by atoms with Crippen molar-refractivity contribution in [3.63, 3.8) is 0 Å². The van der Waals surface area contributed by atoms with E-state index in [4.69, 9.17) is 14.2 Å². The predicted molar refractivity (Wildman–Crippen MR) is 261 cm³/mol. The lowest BCUT2D eigenvalue weighted by atomic mass is 9.99. The van der Waals surface area contributed by atoms with Crippen molar-refractivity contribution in [2.45, 2.75) is 25.7 Å². The van der Waals surface area contributed by atoms with E-state index in [0.717, 1.165) is 21.6 Å². The molecule has 0 saturated carbocycles. The van der Waals surface area contributed by atoms with Crippen molar-refractivity contribution in [3.8, 4) is 23.0 Å². The van der Waals surface area contributed by atoms with Crippen molar-refractivity contribution in [1.82, 2.24) is 29.6 Å². The lowest BCUT2D eigenvalue weighted by Crippen LogP contribution is -2.29. The van der Waals surface area contributed by atoms with Crippen LogP contribution in [0.5, 0.6) is 23.0 Å². The van der Waals surface area contributed by atoms with Crippen LogP contribution >= 0.6 is 0 Å². The number of nitrogens with zero attached hydrogens (tertiary/aromatic N) is 6. The molecule has 0 unspecified atom stereocenters. The van der Waals surface area contributed by atoms with Crippen molar-refractivity contribution in [2.24, 2.45) is 0 Å². The van der Waals surface area contributed by atoms with Gasteiger partial charge in [0.05, 0.1) is 18.7 Å². The number of amides is 5. The van der Waals surface area contributed by atoms with Crippen LogP contribution in [0, 0.1) is 11.6 Å². The summed E-state index contributed by atoms with van der Waals surface area (Å²) in [6, 6.07) is 37.5. The van der Waals surface area contributed by atoms with Gasteiger partial charge in [-0.25, -0.2) is 18.4 Å². The minimum absolute atomic E-state index is 0.0302. The van der Waals surface area contributed by atoms with Gasteiger partial charge in [0.25, 0.3) is 17.7 Å². The Morgan fingerprint density at radius 2 is 1.07 bits per heavy atom. The number of ether oxygens (including phenoxy) is 3. The topological polar surface area (TPSA) is 172 Å². The van der Waals surface area contributed by atoms with Gasteiger partial charge in [-0.3, -0.25) is 29.3 Å². The molecule has 1 N–H and O–H groups in total. The van der Waals surface area contributed by atoms with E-state index in [0.29, 0.717) is 33.3 Å². The number of imide groups is 1. The Bertz CT molecular complexity index is 3370. The highest BCUT2D eigenvalue weighted by Crippen LogP contribution is 2.47. The largest absolute Gasteiger partial charge is 0.505 e. The maximum atomic E-state index is 14.2. The third kappa shape index (κ3) is 9.30. The number of carbonyl (C=O) groups excluding carboxylic acids is 5. The monoisotopic (exact) mass is 970 g/mol. The van der Waals surface area contributed by atoms with Gasteiger partial charge in [0.2, 0.25) is 0 Å². The van der Waals surface area contributed by atoms with Crippen LogP contribution in [-0.4, -0.2) is 92.8 Å². The lowest BCUT2D eigenvalue weighted by molar-refractivity contribution is 0.0640. The van der Waals surface area contributed by atoms with Crippen molar-refractivity contribution in [1.29, 1.82) is 0 Å². The fourth-order valence-electron chi connectivity index (χ4n) is 8.39. The molecule has 2 aliphatic heterocycles. The van der Waals surface area contributed by atoms with Crippen LogP contribution in [0.2, 0.25) is 0 Å². The predicted octanol–water partition coefficient (Wildman–Crippen LogP) is 9.69. The smallest absolute Gasteiger partial charge is 0.414 e. The van der Waals surface area contributed by atoms with Gasteiger partial charge in [0.15, 0.2) is 17.2 Å². The summed E-state index contributed by atoms with van der Waals surface area (Å²) in [7, 11) is 6.13. The summed E-state index contributed by atoms with van der Waals surface area (Å²) in [4.78, 5) is 79.0. The molecule has 0 bridgehead atoms. The van der Waals surface area contributed by atoms with Crippen LogP contribution < -0.4 is 14.2 Å². The number of carbonyl (C=O) groups is 5. The van der Waals surface area contributed by atoms with Crippen LogP contribution in [0.15, 0.2) is 146 Å². The van der Waals surface area contributed by atoms with E-state index >= 15 is 0 Å². The number of benzene rings is 6. The first-order valence-electron chi connectivity index (χ1n) is 22.5. The summed E-state index contributed by atoms with van der Waals surface area (Å²) in [6.07, 6.45) is 1.14. The summed E-state index contributed by atoms with van der Waals surface area (Å²) in [5, 5.41) is 11.5. The van der Waals surface area contributed by atoms with Crippen LogP contribution in [0.3, 0.4) is 0 Å². The molecule has 2 aliphatic rings. The van der Waals surface area contributed by atoms with E-state index in [-0.39, 0.29) is 64.9 Å². The average Bonchev–Trinajstić information content (AvgIpc) is 3.84. The lowest BCUT2D eigenvalue weighted by Gasteiger charge is -2.23.